The van der Waals surface area contributed by atoms with Crippen molar-refractivity contribution >= 4 is 34.9 Å². The van der Waals surface area contributed by atoms with Crippen LogP contribution in [0.15, 0.2) is 60.3 Å². The van der Waals surface area contributed by atoms with Crippen LogP contribution in [0.2, 0.25) is 10.0 Å². The Bertz CT molecular complexity index is 1210. The van der Waals surface area contributed by atoms with Gasteiger partial charge in [-0.1, -0.05) is 35.3 Å². The highest BCUT2D eigenvalue weighted by Gasteiger charge is 2.35. The van der Waals surface area contributed by atoms with Crippen LogP contribution in [0.3, 0.4) is 0 Å². The van der Waals surface area contributed by atoms with Crippen molar-refractivity contribution in [1.29, 1.82) is 0 Å². The summed E-state index contributed by atoms with van der Waals surface area (Å²) in [5.74, 6) is 0.286. The molecule has 0 unspecified atom stereocenters. The highest BCUT2D eigenvalue weighted by Crippen LogP contribution is 2.30. The molecule has 1 amide bonds. The summed E-state index contributed by atoms with van der Waals surface area (Å²) in [5, 5.41) is 7.25. The molecule has 3 heterocycles. The maximum Gasteiger partial charge on any atom is 0.435 e. The van der Waals surface area contributed by atoms with Gasteiger partial charge in [-0.3, -0.25) is 4.79 Å². The van der Waals surface area contributed by atoms with Crippen LogP contribution in [0.5, 0.6) is 0 Å². The van der Waals surface area contributed by atoms with Gasteiger partial charge in [-0.25, -0.2) is 9.67 Å². The number of hydrogen-bond acceptors (Lipinski definition) is 4. The van der Waals surface area contributed by atoms with E-state index in [9.17, 15) is 18.0 Å². The number of amides is 1. The van der Waals surface area contributed by atoms with Crippen molar-refractivity contribution in [2.75, 3.05) is 18.0 Å². The second-order valence-electron chi connectivity index (χ2n) is 7.33. The monoisotopic (exact) mass is 495 g/mol. The molecule has 0 bridgehead atoms. The van der Waals surface area contributed by atoms with Gasteiger partial charge in [0.05, 0.1) is 22.9 Å². The number of nitrogens with zero attached hydrogens (tertiary/aromatic N) is 4. The van der Waals surface area contributed by atoms with Gasteiger partial charge in [0, 0.05) is 29.9 Å². The van der Waals surface area contributed by atoms with Crippen LogP contribution in [-0.4, -0.2) is 33.8 Å². The number of carbonyl (C=O) groups excluding carboxylic acids is 1. The van der Waals surface area contributed by atoms with Gasteiger partial charge < -0.3 is 10.2 Å². The second-order valence-corrected chi connectivity index (χ2v) is 8.17. The lowest BCUT2D eigenvalue weighted by atomic mass is 10.1. The lowest BCUT2D eigenvalue weighted by molar-refractivity contribution is -0.141. The number of halogens is 5. The SMILES string of the molecule is O=C(NCc1cc(C(F)(F)F)nn1-c1cccc(Cl)c1)C1=CCN(c2ncccc2Cl)CC1. The minimum absolute atomic E-state index is 0.137. The zero-order valence-electron chi connectivity index (χ0n) is 17.1. The third-order valence-corrected chi connectivity index (χ3v) is 5.63. The number of nitrogens with one attached hydrogen (secondary N) is 1. The van der Waals surface area contributed by atoms with E-state index in [1.165, 1.54) is 6.07 Å². The number of carbonyl (C=O) groups is 1. The Labute approximate surface area is 197 Å². The van der Waals surface area contributed by atoms with Crippen LogP contribution in [0.25, 0.3) is 5.69 Å². The molecule has 11 heteroatoms. The molecule has 0 saturated heterocycles. The molecule has 0 radical (unpaired) electrons. The molecule has 0 spiro atoms. The lowest BCUT2D eigenvalue weighted by Crippen LogP contribution is -2.34. The van der Waals surface area contributed by atoms with Crippen molar-refractivity contribution in [1.82, 2.24) is 20.1 Å². The summed E-state index contributed by atoms with van der Waals surface area (Å²) in [7, 11) is 0. The predicted molar refractivity (Wildman–Crippen MR) is 120 cm³/mol. The first-order valence-corrected chi connectivity index (χ1v) is 10.7. The molecule has 0 fully saturated rings. The number of alkyl halides is 3. The molecule has 4 rings (SSSR count). The van der Waals surface area contributed by atoms with E-state index in [2.05, 4.69) is 15.4 Å². The Balaban J connectivity index is 1.48. The highest BCUT2D eigenvalue weighted by molar-refractivity contribution is 6.33. The maximum atomic E-state index is 13.3. The van der Waals surface area contributed by atoms with Crippen LogP contribution in [0.4, 0.5) is 19.0 Å². The number of rotatable bonds is 5. The largest absolute Gasteiger partial charge is 0.435 e. The molecule has 1 aromatic carbocycles. The van der Waals surface area contributed by atoms with Crippen LogP contribution in [0, 0.1) is 0 Å². The average Bonchev–Trinajstić information content (AvgIpc) is 3.23. The van der Waals surface area contributed by atoms with Crippen molar-refractivity contribution in [3.05, 3.63) is 81.7 Å². The average molecular weight is 496 g/mol. The Hall–Kier alpha value is -3.04. The number of aromatic nitrogens is 3. The van der Waals surface area contributed by atoms with Crippen molar-refractivity contribution in [2.45, 2.75) is 19.1 Å². The number of anilines is 1. The third kappa shape index (κ3) is 5.31. The molecule has 172 valence electrons. The zero-order chi connectivity index (χ0) is 23.6. The Morgan fingerprint density at radius 3 is 2.64 bits per heavy atom. The fraction of sp³-hybridized carbons (Fsp3) is 0.227. The van der Waals surface area contributed by atoms with Crippen LogP contribution in [0.1, 0.15) is 17.8 Å². The number of hydrogen-bond donors (Lipinski definition) is 1. The molecule has 6 nitrogen and oxygen atoms in total. The van der Waals surface area contributed by atoms with Gasteiger partial charge in [0.25, 0.3) is 0 Å². The third-order valence-electron chi connectivity index (χ3n) is 5.10. The summed E-state index contributed by atoms with van der Waals surface area (Å²) in [6.07, 6.45) is -0.768. The fourth-order valence-electron chi connectivity index (χ4n) is 3.48. The van der Waals surface area contributed by atoms with E-state index < -0.39 is 11.9 Å². The van der Waals surface area contributed by atoms with Gasteiger partial charge in [0.15, 0.2) is 5.69 Å². The van der Waals surface area contributed by atoms with Crippen LogP contribution >= 0.6 is 23.2 Å². The molecule has 0 aliphatic carbocycles. The topological polar surface area (TPSA) is 63.1 Å². The van der Waals surface area contributed by atoms with Gasteiger partial charge in [-0.15, -0.1) is 0 Å². The summed E-state index contributed by atoms with van der Waals surface area (Å²) >= 11 is 12.2. The molecule has 3 aromatic rings. The van der Waals surface area contributed by atoms with Crippen LogP contribution in [-0.2, 0) is 17.5 Å². The molecule has 0 saturated carbocycles. The standard InChI is InChI=1S/C22H18Cl2F3N5O/c23-15-3-1-4-16(11-15)32-17(12-19(30-32)22(25,26)27)13-29-21(33)14-6-9-31(10-7-14)20-18(24)5-2-8-28-20/h1-6,8,11-12H,7,9-10,13H2,(H,29,33). The molecule has 0 atom stereocenters. The summed E-state index contributed by atoms with van der Waals surface area (Å²) in [5.41, 5.74) is 0.0351. The molecule has 1 aliphatic rings. The molecular formula is C22H18Cl2F3N5O. The van der Waals surface area contributed by atoms with Gasteiger partial charge in [-0.05, 0) is 42.8 Å². The van der Waals surface area contributed by atoms with E-state index >= 15 is 0 Å². The van der Waals surface area contributed by atoms with Crippen molar-refractivity contribution in [3.8, 4) is 5.69 Å². The summed E-state index contributed by atoms with van der Waals surface area (Å²) < 4.78 is 40.9. The molecule has 1 N–H and O–H groups in total. The lowest BCUT2D eigenvalue weighted by Gasteiger charge is -2.27. The Morgan fingerprint density at radius 1 is 1.15 bits per heavy atom. The van der Waals surface area contributed by atoms with Crippen molar-refractivity contribution in [2.24, 2.45) is 0 Å². The van der Waals surface area contributed by atoms with E-state index in [0.717, 1.165) is 10.7 Å². The summed E-state index contributed by atoms with van der Waals surface area (Å²) in [6, 6.07) is 10.7. The maximum absolute atomic E-state index is 13.3. The van der Waals surface area contributed by atoms with Gasteiger partial charge >= 0.3 is 6.18 Å². The van der Waals surface area contributed by atoms with Gasteiger partial charge in [0.1, 0.15) is 5.82 Å². The van der Waals surface area contributed by atoms with E-state index in [1.807, 2.05) is 4.90 Å². The van der Waals surface area contributed by atoms with Crippen molar-refractivity contribution < 1.29 is 18.0 Å². The minimum Gasteiger partial charge on any atom is -0.351 e. The van der Waals surface area contributed by atoms with Crippen LogP contribution < -0.4 is 10.2 Å². The smallest absolute Gasteiger partial charge is 0.351 e. The van der Waals surface area contributed by atoms with E-state index in [0.29, 0.717) is 46.6 Å². The molecule has 1 aliphatic heterocycles. The van der Waals surface area contributed by atoms with E-state index in [-0.39, 0.29) is 18.1 Å². The molecule has 2 aromatic heterocycles. The van der Waals surface area contributed by atoms with Gasteiger partial charge in [0.2, 0.25) is 5.91 Å². The first-order valence-electron chi connectivity index (χ1n) is 9.97. The first kappa shape index (κ1) is 23.1. The van der Waals surface area contributed by atoms with Crippen molar-refractivity contribution in [3.63, 3.8) is 0 Å². The second kappa shape index (κ2) is 9.44. The summed E-state index contributed by atoms with van der Waals surface area (Å²) in [6.45, 7) is 0.842. The first-order chi connectivity index (χ1) is 15.7. The number of benzene rings is 1. The number of pyridine rings is 1. The van der Waals surface area contributed by atoms with E-state index in [1.54, 1.807) is 42.6 Å². The molecular weight excluding hydrogens is 478 g/mol. The Kier molecular flexibility index (Phi) is 6.62. The highest BCUT2D eigenvalue weighted by atomic mass is 35.5. The predicted octanol–water partition coefficient (Wildman–Crippen LogP) is 5.05. The van der Waals surface area contributed by atoms with Gasteiger partial charge in [-0.2, -0.15) is 18.3 Å². The normalized spacial score (nSPS) is 14.2. The molecule has 33 heavy (non-hydrogen) atoms. The quantitative estimate of drug-likeness (QED) is 0.538. The minimum atomic E-state index is -4.62. The zero-order valence-corrected chi connectivity index (χ0v) is 18.6. The Morgan fingerprint density at radius 2 is 1.97 bits per heavy atom. The summed E-state index contributed by atoms with van der Waals surface area (Å²) in [4.78, 5) is 18.9. The fourth-order valence-corrected chi connectivity index (χ4v) is 3.90. The van der Waals surface area contributed by atoms with E-state index in [4.69, 9.17) is 23.2 Å².